The smallest absolute Gasteiger partial charge is 0.268 e. The van der Waals surface area contributed by atoms with E-state index in [1.54, 1.807) is 24.4 Å². The van der Waals surface area contributed by atoms with E-state index in [9.17, 15) is 0 Å². The number of hydrogen-bond donors (Lipinski definition) is 2. The first-order valence-electron chi connectivity index (χ1n) is 5.02. The number of rotatable bonds is 2. The van der Waals surface area contributed by atoms with Crippen LogP contribution in [0.1, 0.15) is 0 Å². The number of hydrogen-bond acceptors (Lipinski definition) is 5. The van der Waals surface area contributed by atoms with Gasteiger partial charge in [-0.2, -0.15) is 5.10 Å². The minimum absolute atomic E-state index is 0.378. The van der Waals surface area contributed by atoms with E-state index in [1.165, 1.54) is 0 Å². The summed E-state index contributed by atoms with van der Waals surface area (Å²) >= 11 is 0. The highest BCUT2D eigenvalue weighted by molar-refractivity contribution is 5.60. The molecule has 6 heteroatoms. The summed E-state index contributed by atoms with van der Waals surface area (Å²) in [6.07, 6.45) is 1.69. The minimum Gasteiger partial charge on any atom is -0.415 e. The number of nitrogens with zero attached hydrogens (tertiary/aromatic N) is 3. The molecule has 17 heavy (non-hydrogen) atoms. The van der Waals surface area contributed by atoms with Crippen LogP contribution in [-0.4, -0.2) is 20.4 Å². The summed E-state index contributed by atoms with van der Waals surface area (Å²) in [5, 5.41) is 14.5. The molecule has 0 fully saturated rings. The molecule has 2 aromatic heterocycles. The summed E-state index contributed by atoms with van der Waals surface area (Å²) in [5.41, 5.74) is 7.75. The van der Waals surface area contributed by atoms with Gasteiger partial charge in [0, 0.05) is 17.4 Å². The lowest BCUT2D eigenvalue weighted by Crippen LogP contribution is -1.84. The van der Waals surface area contributed by atoms with Crippen LogP contribution in [0.25, 0.3) is 23.0 Å². The summed E-state index contributed by atoms with van der Waals surface area (Å²) in [5.74, 6) is 0.805. The zero-order chi connectivity index (χ0) is 11.7. The number of benzene rings is 1. The Morgan fingerprint density at radius 1 is 1.12 bits per heavy atom. The Kier molecular flexibility index (Phi) is 2.11. The fraction of sp³-hybridized carbons (Fsp3) is 0. The molecule has 0 atom stereocenters. The maximum absolute atomic E-state index is 5.69. The number of nitrogens with one attached hydrogen (secondary N) is 1. The number of nitrogens with two attached hydrogens (primary N) is 1. The van der Waals surface area contributed by atoms with E-state index in [1.807, 2.05) is 12.1 Å². The zero-order valence-electron chi connectivity index (χ0n) is 8.79. The van der Waals surface area contributed by atoms with Gasteiger partial charge in [-0.05, 0) is 24.3 Å². The van der Waals surface area contributed by atoms with Gasteiger partial charge in [0.05, 0.1) is 0 Å². The lowest BCUT2D eigenvalue weighted by atomic mass is 10.2. The van der Waals surface area contributed by atoms with Crippen LogP contribution >= 0.6 is 0 Å². The second-order valence-electron chi connectivity index (χ2n) is 3.50. The third-order valence-electron chi connectivity index (χ3n) is 2.28. The molecule has 3 rings (SSSR count). The third kappa shape index (κ3) is 1.76. The average Bonchev–Trinajstić information content (AvgIpc) is 3.00. The Morgan fingerprint density at radius 3 is 2.76 bits per heavy atom. The Bertz CT molecular complexity index is 629. The standard InChI is InChI=1S/C11H9N5O/c12-8-3-1-2-7(6-8)10-15-16-11(17-10)9-4-5-13-14-9/h1-6H,12H2,(H,13,14). The average molecular weight is 227 g/mol. The number of aromatic amines is 1. The predicted octanol–water partition coefficient (Wildman–Crippen LogP) is 1.71. The normalized spacial score (nSPS) is 10.6. The van der Waals surface area contributed by atoms with Crippen molar-refractivity contribution in [3.8, 4) is 23.0 Å². The minimum atomic E-state index is 0.378. The van der Waals surface area contributed by atoms with Crippen molar-refractivity contribution in [1.82, 2.24) is 20.4 Å². The molecule has 0 aliphatic rings. The van der Waals surface area contributed by atoms with E-state index in [0.29, 0.717) is 23.2 Å². The van der Waals surface area contributed by atoms with Crippen LogP contribution in [-0.2, 0) is 0 Å². The van der Waals surface area contributed by atoms with Gasteiger partial charge in [-0.25, -0.2) is 0 Å². The molecule has 0 amide bonds. The summed E-state index contributed by atoms with van der Waals surface area (Å²) in [4.78, 5) is 0. The molecule has 1 aromatic carbocycles. The Labute approximate surface area is 96.5 Å². The second-order valence-corrected chi connectivity index (χ2v) is 3.50. The van der Waals surface area contributed by atoms with Crippen molar-refractivity contribution in [2.75, 3.05) is 5.73 Å². The molecule has 0 unspecified atom stereocenters. The molecule has 3 N–H and O–H groups in total. The van der Waals surface area contributed by atoms with Gasteiger partial charge < -0.3 is 10.2 Å². The molecule has 0 saturated carbocycles. The molecular weight excluding hydrogens is 218 g/mol. The van der Waals surface area contributed by atoms with Crippen LogP contribution in [0.4, 0.5) is 5.69 Å². The monoisotopic (exact) mass is 227 g/mol. The maximum atomic E-state index is 5.69. The highest BCUT2D eigenvalue weighted by atomic mass is 16.4. The first-order chi connectivity index (χ1) is 8.33. The molecule has 0 spiro atoms. The van der Waals surface area contributed by atoms with E-state index < -0.39 is 0 Å². The van der Waals surface area contributed by atoms with E-state index >= 15 is 0 Å². The molecule has 3 aromatic rings. The van der Waals surface area contributed by atoms with Crippen LogP contribution in [0, 0.1) is 0 Å². The van der Waals surface area contributed by atoms with Gasteiger partial charge in [0.25, 0.3) is 5.89 Å². The van der Waals surface area contributed by atoms with Gasteiger partial charge in [0.2, 0.25) is 5.89 Å². The Morgan fingerprint density at radius 2 is 2.00 bits per heavy atom. The molecule has 0 aliphatic carbocycles. The van der Waals surface area contributed by atoms with Crippen LogP contribution in [0.15, 0.2) is 40.9 Å². The van der Waals surface area contributed by atoms with Crippen molar-refractivity contribution in [2.45, 2.75) is 0 Å². The van der Waals surface area contributed by atoms with Gasteiger partial charge in [-0.15, -0.1) is 10.2 Å². The molecular formula is C11H9N5O. The predicted molar refractivity (Wildman–Crippen MR) is 61.7 cm³/mol. The van der Waals surface area contributed by atoms with E-state index in [-0.39, 0.29) is 0 Å². The molecule has 0 radical (unpaired) electrons. The van der Waals surface area contributed by atoms with Crippen LogP contribution in [0.2, 0.25) is 0 Å². The molecule has 0 aliphatic heterocycles. The number of aromatic nitrogens is 4. The van der Waals surface area contributed by atoms with Crippen LogP contribution in [0.5, 0.6) is 0 Å². The van der Waals surface area contributed by atoms with Crippen molar-refractivity contribution in [3.63, 3.8) is 0 Å². The van der Waals surface area contributed by atoms with Crippen molar-refractivity contribution >= 4 is 5.69 Å². The van der Waals surface area contributed by atoms with Gasteiger partial charge >= 0.3 is 0 Å². The third-order valence-corrected chi connectivity index (χ3v) is 2.28. The Balaban J connectivity index is 2.01. The van der Waals surface area contributed by atoms with Crippen molar-refractivity contribution in [1.29, 1.82) is 0 Å². The first-order valence-corrected chi connectivity index (χ1v) is 5.02. The van der Waals surface area contributed by atoms with Gasteiger partial charge in [0.15, 0.2) is 0 Å². The molecule has 0 saturated heterocycles. The zero-order valence-corrected chi connectivity index (χ0v) is 8.79. The van der Waals surface area contributed by atoms with Crippen molar-refractivity contribution in [2.24, 2.45) is 0 Å². The summed E-state index contributed by atoms with van der Waals surface area (Å²) in [6.45, 7) is 0. The van der Waals surface area contributed by atoms with Crippen molar-refractivity contribution in [3.05, 3.63) is 36.5 Å². The largest absolute Gasteiger partial charge is 0.415 e. The molecule has 84 valence electrons. The number of anilines is 1. The van der Waals surface area contributed by atoms with Crippen LogP contribution in [0.3, 0.4) is 0 Å². The molecule has 2 heterocycles. The number of H-pyrrole nitrogens is 1. The van der Waals surface area contributed by atoms with E-state index in [0.717, 1.165) is 5.56 Å². The van der Waals surface area contributed by atoms with E-state index in [4.69, 9.17) is 10.2 Å². The van der Waals surface area contributed by atoms with Gasteiger partial charge in [-0.1, -0.05) is 6.07 Å². The first kappa shape index (κ1) is 9.59. The fourth-order valence-electron chi connectivity index (χ4n) is 1.49. The lowest BCUT2D eigenvalue weighted by molar-refractivity contribution is 0.582. The molecule has 6 nitrogen and oxygen atoms in total. The molecule has 0 bridgehead atoms. The van der Waals surface area contributed by atoms with Gasteiger partial charge in [-0.3, -0.25) is 5.10 Å². The quantitative estimate of drug-likeness (QED) is 0.650. The van der Waals surface area contributed by atoms with Crippen molar-refractivity contribution < 1.29 is 4.42 Å². The summed E-state index contributed by atoms with van der Waals surface area (Å²) in [6, 6.07) is 9.04. The fourth-order valence-corrected chi connectivity index (χ4v) is 1.49. The van der Waals surface area contributed by atoms with E-state index in [2.05, 4.69) is 20.4 Å². The lowest BCUT2D eigenvalue weighted by Gasteiger charge is -1.95. The second kappa shape index (κ2) is 3.75. The highest BCUT2D eigenvalue weighted by Gasteiger charge is 2.11. The van der Waals surface area contributed by atoms with Gasteiger partial charge in [0.1, 0.15) is 5.69 Å². The highest BCUT2D eigenvalue weighted by Crippen LogP contribution is 2.23. The van der Waals surface area contributed by atoms with Crippen LogP contribution < -0.4 is 5.73 Å². The SMILES string of the molecule is Nc1cccc(-c2nnc(-c3cc[nH]n3)o2)c1. The topological polar surface area (TPSA) is 93.6 Å². The summed E-state index contributed by atoms with van der Waals surface area (Å²) in [7, 11) is 0. The maximum Gasteiger partial charge on any atom is 0.268 e. The Hall–Kier alpha value is -2.63. The number of nitrogen functional groups attached to an aromatic ring is 1. The summed E-state index contributed by atoms with van der Waals surface area (Å²) < 4.78 is 5.51.